The molecule has 0 unspecified atom stereocenters. The Labute approximate surface area is 182 Å². The number of hydrogen-bond acceptors (Lipinski definition) is 5. The highest BCUT2D eigenvalue weighted by atomic mass is 16.5. The summed E-state index contributed by atoms with van der Waals surface area (Å²) in [6.07, 6.45) is 1.50. The molecule has 0 aliphatic rings. The van der Waals surface area contributed by atoms with Crippen molar-refractivity contribution in [3.8, 4) is 6.07 Å². The van der Waals surface area contributed by atoms with E-state index in [1.165, 1.54) is 6.08 Å². The number of aryl methyl sites for hydroxylation is 1. The van der Waals surface area contributed by atoms with Gasteiger partial charge in [0.15, 0.2) is 6.61 Å². The summed E-state index contributed by atoms with van der Waals surface area (Å²) < 4.78 is 7.05. The molecule has 1 N–H and O–H groups in total. The third-order valence-electron chi connectivity index (χ3n) is 4.62. The number of carbonyl (C=O) groups is 3. The van der Waals surface area contributed by atoms with Crippen LogP contribution in [0.25, 0.3) is 6.08 Å². The number of nitrogens with zero attached hydrogens (tertiary/aromatic N) is 2. The van der Waals surface area contributed by atoms with Crippen molar-refractivity contribution in [1.29, 1.82) is 5.26 Å². The van der Waals surface area contributed by atoms with E-state index in [2.05, 4.69) is 23.7 Å². The quantitative estimate of drug-likeness (QED) is 0.401. The summed E-state index contributed by atoms with van der Waals surface area (Å²) in [7, 11) is 0. The number of benzene rings is 1. The molecule has 0 saturated heterocycles. The maximum absolute atomic E-state index is 12.3. The molecular weight excluding hydrogens is 394 g/mol. The Hall–Kier alpha value is -3.66. The molecule has 0 spiro atoms. The lowest BCUT2D eigenvalue weighted by Gasteiger charge is -2.12. The zero-order chi connectivity index (χ0) is 23.0. The Morgan fingerprint density at radius 1 is 1.16 bits per heavy atom. The number of esters is 1. The van der Waals surface area contributed by atoms with Crippen LogP contribution in [0, 0.1) is 31.1 Å². The number of carbonyl (C=O) groups excluding carboxylic acids is 3. The van der Waals surface area contributed by atoms with Crippen molar-refractivity contribution in [2.75, 3.05) is 6.61 Å². The molecule has 31 heavy (non-hydrogen) atoms. The average Bonchev–Trinajstić information content (AvgIpc) is 2.97. The van der Waals surface area contributed by atoms with E-state index in [4.69, 9.17) is 4.74 Å². The van der Waals surface area contributed by atoms with Crippen molar-refractivity contribution in [1.82, 2.24) is 9.88 Å². The van der Waals surface area contributed by atoms with Gasteiger partial charge in [-0.15, -0.1) is 0 Å². The normalized spacial score (nSPS) is 11.2. The lowest BCUT2D eigenvalue weighted by Crippen LogP contribution is -2.35. The first-order chi connectivity index (χ1) is 14.7. The van der Waals surface area contributed by atoms with Crippen molar-refractivity contribution >= 4 is 23.9 Å². The molecule has 0 saturated carbocycles. The third-order valence-corrected chi connectivity index (χ3v) is 4.62. The minimum absolute atomic E-state index is 0.0376. The second-order valence-electron chi connectivity index (χ2n) is 7.71. The van der Waals surface area contributed by atoms with E-state index in [1.54, 1.807) is 24.3 Å². The van der Waals surface area contributed by atoms with Crippen LogP contribution in [0.4, 0.5) is 0 Å². The van der Waals surface area contributed by atoms with E-state index >= 15 is 0 Å². The van der Waals surface area contributed by atoms with E-state index < -0.39 is 24.4 Å². The van der Waals surface area contributed by atoms with Crippen LogP contribution in [0.15, 0.2) is 42.0 Å². The molecule has 0 atom stereocenters. The average molecular weight is 421 g/mol. The second kappa shape index (κ2) is 10.9. The SMILES string of the molecule is Cc1cc(/C=C(\C#N)C(=O)OCC(=O)NC(=O)Cc2ccccc2)c(C)n1CC(C)C. The van der Waals surface area contributed by atoms with Crippen LogP contribution in [0.2, 0.25) is 0 Å². The van der Waals surface area contributed by atoms with Crippen molar-refractivity contribution in [2.24, 2.45) is 5.92 Å². The molecule has 0 aliphatic carbocycles. The van der Waals surface area contributed by atoms with Crippen LogP contribution in [0.3, 0.4) is 0 Å². The Bertz CT molecular complexity index is 1030. The van der Waals surface area contributed by atoms with Gasteiger partial charge in [0, 0.05) is 17.9 Å². The first-order valence-electron chi connectivity index (χ1n) is 10.0. The van der Waals surface area contributed by atoms with E-state index in [-0.39, 0.29) is 12.0 Å². The van der Waals surface area contributed by atoms with Crippen molar-refractivity contribution in [2.45, 2.75) is 40.7 Å². The minimum atomic E-state index is -0.915. The van der Waals surface area contributed by atoms with Gasteiger partial charge in [-0.3, -0.25) is 14.9 Å². The highest BCUT2D eigenvalue weighted by Gasteiger charge is 2.17. The number of rotatable bonds is 8. The molecule has 0 bridgehead atoms. The number of ether oxygens (including phenoxy) is 1. The lowest BCUT2D eigenvalue weighted by molar-refractivity contribution is -0.145. The van der Waals surface area contributed by atoms with Crippen LogP contribution in [-0.2, 0) is 32.1 Å². The molecule has 2 amide bonds. The monoisotopic (exact) mass is 421 g/mol. The predicted octanol–water partition coefficient (Wildman–Crippen LogP) is 3.10. The molecule has 0 fully saturated rings. The fourth-order valence-electron chi connectivity index (χ4n) is 3.14. The van der Waals surface area contributed by atoms with E-state index in [0.717, 1.165) is 29.1 Å². The Morgan fingerprint density at radius 3 is 2.45 bits per heavy atom. The number of imide groups is 1. The van der Waals surface area contributed by atoms with Crippen LogP contribution in [0.5, 0.6) is 0 Å². The minimum Gasteiger partial charge on any atom is -0.451 e. The van der Waals surface area contributed by atoms with Gasteiger partial charge in [-0.2, -0.15) is 5.26 Å². The summed E-state index contributed by atoms with van der Waals surface area (Å²) in [6, 6.07) is 12.7. The number of nitrogens with one attached hydrogen (secondary N) is 1. The lowest BCUT2D eigenvalue weighted by atomic mass is 10.1. The maximum atomic E-state index is 12.3. The van der Waals surface area contributed by atoms with E-state index in [1.807, 2.05) is 32.0 Å². The number of nitriles is 1. The molecule has 1 aromatic carbocycles. The highest BCUT2D eigenvalue weighted by molar-refractivity contribution is 6.01. The Balaban J connectivity index is 1.96. The van der Waals surface area contributed by atoms with Crippen LogP contribution < -0.4 is 5.32 Å². The fourth-order valence-corrected chi connectivity index (χ4v) is 3.14. The van der Waals surface area contributed by atoms with E-state index in [9.17, 15) is 19.6 Å². The van der Waals surface area contributed by atoms with Crippen molar-refractivity contribution in [3.05, 3.63) is 64.5 Å². The smallest absolute Gasteiger partial charge is 0.349 e. The summed E-state index contributed by atoms with van der Waals surface area (Å²) in [4.78, 5) is 36.1. The van der Waals surface area contributed by atoms with Crippen LogP contribution in [0.1, 0.15) is 36.4 Å². The first kappa shape index (κ1) is 23.6. The first-order valence-corrected chi connectivity index (χ1v) is 10.0. The second-order valence-corrected chi connectivity index (χ2v) is 7.71. The standard InChI is InChI=1S/C24H27N3O4/c1-16(2)14-27-17(3)10-20(18(27)4)12-21(13-25)24(30)31-15-23(29)26-22(28)11-19-8-6-5-7-9-19/h5-10,12,16H,11,14-15H2,1-4H3,(H,26,28,29)/b21-12+. The van der Waals surface area contributed by atoms with Gasteiger partial charge in [0.05, 0.1) is 6.42 Å². The third kappa shape index (κ3) is 6.96. The molecule has 7 nitrogen and oxygen atoms in total. The molecule has 1 aromatic heterocycles. The molecule has 2 rings (SSSR count). The summed E-state index contributed by atoms with van der Waals surface area (Å²) in [5, 5.41) is 11.5. The molecule has 0 radical (unpaired) electrons. The van der Waals surface area contributed by atoms with Crippen molar-refractivity contribution < 1.29 is 19.1 Å². The molecule has 7 heteroatoms. The maximum Gasteiger partial charge on any atom is 0.349 e. The van der Waals surface area contributed by atoms with Gasteiger partial charge >= 0.3 is 5.97 Å². The molecule has 162 valence electrons. The van der Waals surface area contributed by atoms with Gasteiger partial charge in [0.1, 0.15) is 11.6 Å². The van der Waals surface area contributed by atoms with Crippen LogP contribution >= 0.6 is 0 Å². The molecule has 1 heterocycles. The predicted molar refractivity (Wildman–Crippen MR) is 117 cm³/mol. The number of aromatic nitrogens is 1. The zero-order valence-electron chi connectivity index (χ0n) is 18.3. The van der Waals surface area contributed by atoms with E-state index in [0.29, 0.717) is 5.92 Å². The summed E-state index contributed by atoms with van der Waals surface area (Å²) >= 11 is 0. The van der Waals surface area contributed by atoms with Crippen molar-refractivity contribution in [3.63, 3.8) is 0 Å². The number of amides is 2. The van der Waals surface area contributed by atoms with Gasteiger partial charge in [0.2, 0.25) is 5.91 Å². The van der Waals surface area contributed by atoms with Gasteiger partial charge in [-0.25, -0.2) is 4.79 Å². The summed E-state index contributed by atoms with van der Waals surface area (Å²) in [5.74, 6) is -1.71. The fraction of sp³-hybridized carbons (Fsp3) is 0.333. The highest BCUT2D eigenvalue weighted by Crippen LogP contribution is 2.20. The topological polar surface area (TPSA) is 101 Å². The Morgan fingerprint density at radius 2 is 1.84 bits per heavy atom. The largest absolute Gasteiger partial charge is 0.451 e. The molecule has 2 aromatic rings. The zero-order valence-corrected chi connectivity index (χ0v) is 18.3. The Kier molecular flexibility index (Phi) is 8.33. The molecule has 0 aliphatic heterocycles. The summed E-state index contributed by atoms with van der Waals surface area (Å²) in [5.41, 5.74) is 3.26. The number of hydrogen-bond donors (Lipinski definition) is 1. The van der Waals surface area contributed by atoms with Gasteiger partial charge in [-0.05, 0) is 43.0 Å². The summed E-state index contributed by atoms with van der Waals surface area (Å²) in [6.45, 7) is 8.30. The molecular formula is C24H27N3O4. The van der Waals surface area contributed by atoms with Gasteiger partial charge in [0.25, 0.3) is 5.91 Å². The van der Waals surface area contributed by atoms with Gasteiger partial charge in [-0.1, -0.05) is 44.2 Å². The van der Waals surface area contributed by atoms with Gasteiger partial charge < -0.3 is 9.30 Å². The van der Waals surface area contributed by atoms with Crippen LogP contribution in [-0.4, -0.2) is 29.0 Å².